The molecule has 0 saturated carbocycles. The maximum Gasteiger partial charge on any atom is 0.217 e. The highest BCUT2D eigenvalue weighted by atomic mass is 35.5. The first-order valence-corrected chi connectivity index (χ1v) is 9.05. The summed E-state index contributed by atoms with van der Waals surface area (Å²) in [6.07, 6.45) is -0.493. The molecule has 0 amide bonds. The SMILES string of the molecule is COc1ccc(COc2cc(OCC(OC)OC)nc3c(Cl)cccc23)cc1. The molecule has 1 aromatic heterocycles. The number of ether oxygens (including phenoxy) is 5. The molecular formula is C21H22ClNO5. The van der Waals surface area contributed by atoms with Crippen LogP contribution in [0.4, 0.5) is 0 Å². The summed E-state index contributed by atoms with van der Waals surface area (Å²) in [4.78, 5) is 4.49. The molecule has 148 valence electrons. The molecule has 0 saturated heterocycles. The van der Waals surface area contributed by atoms with Crippen LogP contribution in [0.25, 0.3) is 10.9 Å². The Kier molecular flexibility index (Phi) is 6.92. The lowest BCUT2D eigenvalue weighted by Gasteiger charge is -2.16. The molecule has 3 aromatic rings. The average Bonchev–Trinajstić information content (AvgIpc) is 2.73. The Bertz CT molecular complexity index is 913. The van der Waals surface area contributed by atoms with Crippen molar-refractivity contribution in [3.8, 4) is 17.4 Å². The van der Waals surface area contributed by atoms with Crippen molar-refractivity contribution in [1.29, 1.82) is 0 Å². The molecule has 3 rings (SSSR count). The van der Waals surface area contributed by atoms with Crippen molar-refractivity contribution in [3.63, 3.8) is 0 Å². The third kappa shape index (κ3) is 4.84. The first-order valence-electron chi connectivity index (χ1n) is 8.68. The third-order valence-corrected chi connectivity index (χ3v) is 4.48. The van der Waals surface area contributed by atoms with E-state index < -0.39 is 6.29 Å². The molecule has 0 bridgehead atoms. The molecule has 0 fully saturated rings. The average molecular weight is 404 g/mol. The lowest BCUT2D eigenvalue weighted by Crippen LogP contribution is -2.22. The van der Waals surface area contributed by atoms with Crippen molar-refractivity contribution in [3.05, 3.63) is 59.1 Å². The maximum absolute atomic E-state index is 6.33. The van der Waals surface area contributed by atoms with Crippen LogP contribution in [0.15, 0.2) is 48.5 Å². The highest BCUT2D eigenvalue weighted by Crippen LogP contribution is 2.33. The number of pyridine rings is 1. The van der Waals surface area contributed by atoms with Gasteiger partial charge in [0.2, 0.25) is 5.88 Å². The van der Waals surface area contributed by atoms with Gasteiger partial charge < -0.3 is 23.7 Å². The van der Waals surface area contributed by atoms with Gasteiger partial charge in [-0.3, -0.25) is 0 Å². The molecule has 2 aromatic carbocycles. The fraction of sp³-hybridized carbons (Fsp3) is 0.286. The summed E-state index contributed by atoms with van der Waals surface area (Å²) in [5.41, 5.74) is 1.62. The second-order valence-corrected chi connectivity index (χ2v) is 6.35. The van der Waals surface area contributed by atoms with E-state index in [0.717, 1.165) is 16.7 Å². The Morgan fingerprint density at radius 3 is 2.39 bits per heavy atom. The van der Waals surface area contributed by atoms with Gasteiger partial charge in [-0.15, -0.1) is 0 Å². The lowest BCUT2D eigenvalue weighted by atomic mass is 10.2. The number of benzene rings is 2. The van der Waals surface area contributed by atoms with Gasteiger partial charge in [-0.05, 0) is 29.8 Å². The molecule has 0 unspecified atom stereocenters. The van der Waals surface area contributed by atoms with E-state index in [-0.39, 0.29) is 6.61 Å². The van der Waals surface area contributed by atoms with Crippen LogP contribution in [0.5, 0.6) is 17.4 Å². The minimum atomic E-state index is -0.493. The van der Waals surface area contributed by atoms with Gasteiger partial charge in [0.1, 0.15) is 24.7 Å². The zero-order chi connectivity index (χ0) is 19.9. The van der Waals surface area contributed by atoms with Gasteiger partial charge in [-0.1, -0.05) is 29.8 Å². The monoisotopic (exact) mass is 403 g/mol. The molecule has 6 nitrogen and oxygen atoms in total. The quantitative estimate of drug-likeness (QED) is 0.491. The fourth-order valence-corrected chi connectivity index (χ4v) is 2.84. The third-order valence-electron chi connectivity index (χ3n) is 4.18. The summed E-state index contributed by atoms with van der Waals surface area (Å²) in [7, 11) is 4.73. The number of nitrogens with zero attached hydrogens (tertiary/aromatic N) is 1. The number of hydrogen-bond acceptors (Lipinski definition) is 6. The number of hydrogen-bond donors (Lipinski definition) is 0. The second-order valence-electron chi connectivity index (χ2n) is 5.94. The summed E-state index contributed by atoms with van der Waals surface area (Å²) < 4.78 is 27.2. The molecule has 0 radical (unpaired) electrons. The van der Waals surface area contributed by atoms with Crippen molar-refractivity contribution in [1.82, 2.24) is 4.98 Å². The van der Waals surface area contributed by atoms with E-state index in [1.165, 1.54) is 0 Å². The zero-order valence-corrected chi connectivity index (χ0v) is 16.7. The standard InChI is InChI=1S/C21H22ClNO5/c1-24-15-9-7-14(8-10-15)12-27-18-11-19(28-13-20(25-2)26-3)23-21-16(18)5-4-6-17(21)22/h4-11,20H,12-13H2,1-3H3. The second kappa shape index (κ2) is 9.59. The number of rotatable bonds is 9. The van der Waals surface area contributed by atoms with Crippen molar-refractivity contribution < 1.29 is 23.7 Å². The predicted molar refractivity (Wildman–Crippen MR) is 107 cm³/mol. The van der Waals surface area contributed by atoms with E-state index in [2.05, 4.69) is 4.98 Å². The maximum atomic E-state index is 6.33. The minimum absolute atomic E-state index is 0.188. The summed E-state index contributed by atoms with van der Waals surface area (Å²) in [5, 5.41) is 1.33. The smallest absolute Gasteiger partial charge is 0.217 e. The van der Waals surface area contributed by atoms with E-state index in [9.17, 15) is 0 Å². The molecule has 0 N–H and O–H groups in total. The molecule has 0 spiro atoms. The van der Waals surface area contributed by atoms with E-state index in [0.29, 0.717) is 28.8 Å². The van der Waals surface area contributed by atoms with E-state index >= 15 is 0 Å². The van der Waals surface area contributed by atoms with E-state index in [4.69, 9.17) is 35.3 Å². The number of halogens is 1. The highest BCUT2D eigenvalue weighted by Gasteiger charge is 2.13. The van der Waals surface area contributed by atoms with Gasteiger partial charge in [0.25, 0.3) is 0 Å². The Labute approximate surface area is 168 Å². The Balaban J connectivity index is 1.85. The summed E-state index contributed by atoms with van der Waals surface area (Å²) in [6, 6.07) is 15.0. The van der Waals surface area contributed by atoms with Crippen LogP contribution < -0.4 is 14.2 Å². The molecule has 0 atom stereocenters. The van der Waals surface area contributed by atoms with Crippen molar-refractivity contribution in [2.24, 2.45) is 0 Å². The molecule has 28 heavy (non-hydrogen) atoms. The van der Waals surface area contributed by atoms with Gasteiger partial charge in [-0.2, -0.15) is 0 Å². The van der Waals surface area contributed by atoms with E-state index in [1.54, 1.807) is 33.5 Å². The summed E-state index contributed by atoms with van der Waals surface area (Å²) in [6.45, 7) is 0.571. The van der Waals surface area contributed by atoms with Crippen LogP contribution in [-0.2, 0) is 16.1 Å². The van der Waals surface area contributed by atoms with E-state index in [1.807, 2.05) is 36.4 Å². The number of methoxy groups -OCH3 is 3. The molecule has 0 aliphatic heterocycles. The van der Waals surface area contributed by atoms with Gasteiger partial charge in [0.05, 0.1) is 17.6 Å². The van der Waals surface area contributed by atoms with Crippen molar-refractivity contribution in [2.75, 3.05) is 27.9 Å². The Morgan fingerprint density at radius 1 is 0.964 bits per heavy atom. The zero-order valence-electron chi connectivity index (χ0n) is 16.0. The summed E-state index contributed by atoms with van der Waals surface area (Å²) >= 11 is 6.33. The predicted octanol–water partition coefficient (Wildman–Crippen LogP) is 4.47. The van der Waals surface area contributed by atoms with Crippen molar-refractivity contribution >= 4 is 22.5 Å². The van der Waals surface area contributed by atoms with Crippen LogP contribution in [0.3, 0.4) is 0 Å². The topological polar surface area (TPSA) is 59.0 Å². The number of fused-ring (bicyclic) bond motifs is 1. The van der Waals surface area contributed by atoms with Crippen LogP contribution in [-0.4, -0.2) is 39.2 Å². The first kappa shape index (κ1) is 20.2. The first-order chi connectivity index (χ1) is 13.6. The largest absolute Gasteiger partial charge is 0.497 e. The van der Waals surface area contributed by atoms with Gasteiger partial charge in [-0.25, -0.2) is 4.98 Å². The lowest BCUT2D eigenvalue weighted by molar-refractivity contribution is -0.122. The fourth-order valence-electron chi connectivity index (χ4n) is 2.62. The summed E-state index contributed by atoms with van der Waals surface area (Å²) in [5.74, 6) is 1.81. The molecule has 0 aliphatic rings. The highest BCUT2D eigenvalue weighted by molar-refractivity contribution is 6.35. The minimum Gasteiger partial charge on any atom is -0.497 e. The Hall–Kier alpha value is -2.54. The molecular weight excluding hydrogens is 382 g/mol. The molecule has 7 heteroatoms. The van der Waals surface area contributed by atoms with Crippen molar-refractivity contribution in [2.45, 2.75) is 12.9 Å². The van der Waals surface area contributed by atoms with Crippen LogP contribution in [0.2, 0.25) is 5.02 Å². The Morgan fingerprint density at radius 2 is 1.71 bits per heavy atom. The molecule has 1 heterocycles. The normalized spacial score (nSPS) is 11.0. The number of aromatic nitrogens is 1. The van der Waals surface area contributed by atoms with Gasteiger partial charge >= 0.3 is 0 Å². The number of para-hydroxylation sites is 1. The molecule has 0 aliphatic carbocycles. The van der Waals surface area contributed by atoms with Crippen LogP contribution in [0.1, 0.15) is 5.56 Å². The van der Waals surface area contributed by atoms with Gasteiger partial charge in [0, 0.05) is 25.7 Å². The van der Waals surface area contributed by atoms with Crippen LogP contribution in [0, 0.1) is 0 Å². The van der Waals surface area contributed by atoms with Crippen LogP contribution >= 0.6 is 11.6 Å². The van der Waals surface area contributed by atoms with Gasteiger partial charge in [0.15, 0.2) is 6.29 Å².